The molecule has 0 bridgehead atoms. The summed E-state index contributed by atoms with van der Waals surface area (Å²) < 4.78 is 40.1. The second-order valence-electron chi connectivity index (χ2n) is 7.13. The van der Waals surface area contributed by atoms with Gasteiger partial charge in [-0.3, -0.25) is 4.31 Å². The van der Waals surface area contributed by atoms with Crippen LogP contribution in [-0.4, -0.2) is 34.5 Å². The van der Waals surface area contributed by atoms with Crippen molar-refractivity contribution in [2.24, 2.45) is 4.40 Å². The average molecular weight is 452 g/mol. The van der Waals surface area contributed by atoms with Crippen LogP contribution in [0, 0.1) is 6.92 Å². The summed E-state index contributed by atoms with van der Waals surface area (Å²) in [6.07, 6.45) is 1.24. The fraction of sp³-hybridized carbons (Fsp3) is 0.182. The molecule has 0 aliphatic carbocycles. The van der Waals surface area contributed by atoms with Gasteiger partial charge in [-0.15, -0.1) is 4.40 Å². The summed E-state index contributed by atoms with van der Waals surface area (Å²) in [7, 11) is -3.94. The molecule has 0 saturated heterocycles. The van der Waals surface area contributed by atoms with Gasteiger partial charge in [-0.05, 0) is 31.0 Å². The maximum atomic E-state index is 12.6. The van der Waals surface area contributed by atoms with Gasteiger partial charge in [0.05, 0.1) is 17.8 Å². The van der Waals surface area contributed by atoms with Crippen LogP contribution in [0.1, 0.15) is 23.9 Å². The fourth-order valence-electron chi connectivity index (χ4n) is 3.11. The Labute approximate surface area is 185 Å². The molecular weight excluding hydrogens is 432 g/mol. The van der Waals surface area contributed by atoms with Gasteiger partial charge in [-0.2, -0.15) is 13.4 Å². The van der Waals surface area contributed by atoms with Crippen LogP contribution in [0.4, 0.5) is 0 Å². The summed E-state index contributed by atoms with van der Waals surface area (Å²) in [6.45, 7) is 3.17. The highest BCUT2D eigenvalue weighted by Gasteiger charge is 2.29. The number of carbonyl (C=O) groups excluding carboxylic acids is 1. The molecule has 4 rings (SSSR count). The Kier molecular flexibility index (Phi) is 5.87. The number of rotatable bonds is 6. The van der Waals surface area contributed by atoms with Crippen molar-refractivity contribution in [2.45, 2.75) is 27.0 Å². The van der Waals surface area contributed by atoms with E-state index in [4.69, 9.17) is 9.26 Å². The second kappa shape index (κ2) is 8.75. The largest absolute Gasteiger partial charge is 0.454 e. The predicted molar refractivity (Wildman–Crippen MR) is 116 cm³/mol. The van der Waals surface area contributed by atoms with E-state index < -0.39 is 16.2 Å². The summed E-state index contributed by atoms with van der Waals surface area (Å²) >= 11 is 0. The van der Waals surface area contributed by atoms with Gasteiger partial charge < -0.3 is 9.26 Å². The minimum absolute atomic E-state index is 0.0402. The molecule has 1 aromatic heterocycles. The number of carbonyl (C=O) groups is 1. The number of hydrogen-bond donors (Lipinski definition) is 0. The van der Waals surface area contributed by atoms with Crippen LogP contribution in [0.2, 0.25) is 0 Å². The van der Waals surface area contributed by atoms with Crippen LogP contribution in [-0.2, 0) is 32.9 Å². The van der Waals surface area contributed by atoms with E-state index >= 15 is 0 Å². The van der Waals surface area contributed by atoms with E-state index in [0.29, 0.717) is 5.89 Å². The van der Waals surface area contributed by atoms with Crippen LogP contribution in [0.5, 0.6) is 0 Å². The first-order valence-electron chi connectivity index (χ1n) is 9.73. The van der Waals surface area contributed by atoms with E-state index in [1.54, 1.807) is 24.3 Å². The molecule has 0 radical (unpaired) electrons. The lowest BCUT2D eigenvalue weighted by molar-refractivity contribution is -0.140. The maximum absolute atomic E-state index is 12.6. The Morgan fingerprint density at radius 3 is 2.53 bits per heavy atom. The summed E-state index contributed by atoms with van der Waals surface area (Å²) in [5, 5.41) is 3.84. The summed E-state index contributed by atoms with van der Waals surface area (Å²) in [4.78, 5) is 16.9. The quantitative estimate of drug-likeness (QED) is 0.528. The third-order valence-corrected chi connectivity index (χ3v) is 6.12. The smallest absolute Gasteiger partial charge is 0.344 e. The molecule has 3 aromatic rings. The maximum Gasteiger partial charge on any atom is 0.344 e. The molecule has 2 aromatic carbocycles. The summed E-state index contributed by atoms with van der Waals surface area (Å²) in [5.41, 5.74) is 2.60. The number of benzene rings is 2. The lowest BCUT2D eigenvalue weighted by atomic mass is 10.1. The van der Waals surface area contributed by atoms with E-state index in [1.807, 2.05) is 37.3 Å². The lowest BCUT2D eigenvalue weighted by Gasteiger charge is -2.23. The van der Waals surface area contributed by atoms with Crippen LogP contribution in [0.25, 0.3) is 11.5 Å². The molecule has 0 amide bonds. The molecule has 1 aliphatic heterocycles. The SMILES string of the molecule is CC1=NS(=O)(=O)N(Cc2ccccc2)C=C1C(=O)OCc1noc(-c2ccccc2C)n1. The molecule has 2 heterocycles. The van der Waals surface area contributed by atoms with Gasteiger partial charge in [0.1, 0.15) is 0 Å². The molecule has 0 fully saturated rings. The van der Waals surface area contributed by atoms with Crippen molar-refractivity contribution in [1.29, 1.82) is 0 Å². The third-order valence-electron chi connectivity index (χ3n) is 4.79. The topological polar surface area (TPSA) is 115 Å². The Morgan fingerprint density at radius 2 is 1.78 bits per heavy atom. The van der Waals surface area contributed by atoms with Crippen LogP contribution < -0.4 is 0 Å². The van der Waals surface area contributed by atoms with Gasteiger partial charge >= 0.3 is 16.2 Å². The molecule has 0 saturated carbocycles. The Morgan fingerprint density at radius 1 is 1.06 bits per heavy atom. The van der Waals surface area contributed by atoms with Crippen molar-refractivity contribution in [3.05, 3.63) is 83.3 Å². The number of hydrogen-bond acceptors (Lipinski definition) is 7. The summed E-state index contributed by atoms with van der Waals surface area (Å²) in [6, 6.07) is 16.5. The molecule has 0 unspecified atom stereocenters. The molecule has 0 spiro atoms. The van der Waals surface area contributed by atoms with Crippen molar-refractivity contribution in [3.8, 4) is 11.5 Å². The van der Waals surface area contributed by atoms with Gasteiger partial charge in [0, 0.05) is 11.8 Å². The molecule has 9 nitrogen and oxygen atoms in total. The second-order valence-corrected chi connectivity index (χ2v) is 8.68. The van der Waals surface area contributed by atoms with Gasteiger partial charge in [0.25, 0.3) is 5.89 Å². The van der Waals surface area contributed by atoms with Crippen LogP contribution in [0.3, 0.4) is 0 Å². The first kappa shape index (κ1) is 21.4. The van der Waals surface area contributed by atoms with E-state index in [9.17, 15) is 13.2 Å². The average Bonchev–Trinajstić information content (AvgIpc) is 3.23. The number of ether oxygens (including phenoxy) is 1. The van der Waals surface area contributed by atoms with Gasteiger partial charge in [0.15, 0.2) is 6.61 Å². The third kappa shape index (κ3) is 4.59. The molecular formula is C22H20N4O5S. The Bertz CT molecular complexity index is 1310. The fourth-order valence-corrected chi connectivity index (χ4v) is 4.21. The molecule has 0 atom stereocenters. The van der Waals surface area contributed by atoms with Crippen LogP contribution in [0.15, 0.2) is 75.3 Å². The predicted octanol–water partition coefficient (Wildman–Crippen LogP) is 3.19. The zero-order valence-corrected chi connectivity index (χ0v) is 18.2. The van der Waals surface area contributed by atoms with Crippen molar-refractivity contribution in [2.75, 3.05) is 0 Å². The van der Waals surface area contributed by atoms with E-state index in [0.717, 1.165) is 21.0 Å². The number of aryl methyl sites for hydroxylation is 1. The normalized spacial score (nSPS) is 15.1. The van der Waals surface area contributed by atoms with Gasteiger partial charge in [-0.1, -0.05) is 53.7 Å². The van der Waals surface area contributed by atoms with Crippen molar-refractivity contribution in [3.63, 3.8) is 0 Å². The Hall–Kier alpha value is -3.79. The highest BCUT2D eigenvalue weighted by atomic mass is 32.2. The molecule has 0 N–H and O–H groups in total. The van der Waals surface area contributed by atoms with E-state index in [2.05, 4.69) is 14.5 Å². The summed E-state index contributed by atoms with van der Waals surface area (Å²) in [5.74, 6) is -0.221. The minimum Gasteiger partial charge on any atom is -0.454 e. The highest BCUT2D eigenvalue weighted by Crippen LogP contribution is 2.22. The van der Waals surface area contributed by atoms with Crippen molar-refractivity contribution >= 4 is 21.9 Å². The lowest BCUT2D eigenvalue weighted by Crippen LogP contribution is -2.31. The van der Waals surface area contributed by atoms with E-state index in [-0.39, 0.29) is 30.3 Å². The Balaban J connectivity index is 1.48. The first-order valence-corrected chi connectivity index (χ1v) is 11.1. The van der Waals surface area contributed by atoms with Crippen LogP contribution >= 0.6 is 0 Å². The highest BCUT2D eigenvalue weighted by molar-refractivity contribution is 7.88. The zero-order chi connectivity index (χ0) is 22.7. The number of aromatic nitrogens is 2. The standard InChI is InChI=1S/C22H20N4O5S/c1-15-8-6-7-11-18(15)21-23-20(24-31-21)14-30-22(27)19-13-26(32(28,29)25-16(19)2)12-17-9-4-3-5-10-17/h3-11,13H,12,14H2,1-2H3. The molecule has 164 valence electrons. The number of esters is 1. The van der Waals surface area contributed by atoms with Crippen molar-refractivity contribution in [1.82, 2.24) is 14.4 Å². The minimum atomic E-state index is -3.94. The molecule has 1 aliphatic rings. The first-order chi connectivity index (χ1) is 15.3. The van der Waals surface area contributed by atoms with Gasteiger partial charge in [-0.25, -0.2) is 4.79 Å². The van der Waals surface area contributed by atoms with Crippen molar-refractivity contribution < 1.29 is 22.5 Å². The molecule has 10 heteroatoms. The molecule has 32 heavy (non-hydrogen) atoms. The monoisotopic (exact) mass is 452 g/mol. The van der Waals surface area contributed by atoms with Gasteiger partial charge in [0.2, 0.25) is 5.82 Å². The van der Waals surface area contributed by atoms with E-state index in [1.165, 1.54) is 13.1 Å². The zero-order valence-electron chi connectivity index (χ0n) is 17.4. The number of nitrogens with zero attached hydrogens (tertiary/aromatic N) is 4.